The standard InChI is InChI=1S/C21H17Cl4NO2/c1-27-20-10-13(11-26-15-7-5-14(22)6-8-15)9-19(25)21(20)28-12-16-17(23)3-2-4-18(16)24/h2-10,26H,11-12H2,1H3. The van der Waals surface area contributed by atoms with Gasteiger partial charge in [0.15, 0.2) is 11.5 Å². The van der Waals surface area contributed by atoms with Crippen LogP contribution in [0.5, 0.6) is 11.5 Å². The van der Waals surface area contributed by atoms with Gasteiger partial charge in [0.05, 0.1) is 12.1 Å². The molecule has 28 heavy (non-hydrogen) atoms. The second-order valence-electron chi connectivity index (χ2n) is 5.96. The van der Waals surface area contributed by atoms with E-state index >= 15 is 0 Å². The molecule has 3 rings (SSSR count). The Morgan fingerprint density at radius 2 is 1.54 bits per heavy atom. The Bertz CT molecular complexity index is 941. The highest BCUT2D eigenvalue weighted by Gasteiger charge is 2.14. The SMILES string of the molecule is COc1cc(CNc2ccc(Cl)cc2)cc(Cl)c1OCc1c(Cl)cccc1Cl. The first-order valence-corrected chi connectivity index (χ1v) is 9.90. The number of ether oxygens (including phenoxy) is 2. The van der Waals surface area contributed by atoms with E-state index < -0.39 is 0 Å². The van der Waals surface area contributed by atoms with Crippen LogP contribution >= 0.6 is 46.4 Å². The zero-order valence-electron chi connectivity index (χ0n) is 14.9. The quantitative estimate of drug-likeness (QED) is 0.399. The molecule has 146 valence electrons. The van der Waals surface area contributed by atoms with Crippen LogP contribution < -0.4 is 14.8 Å². The van der Waals surface area contributed by atoms with E-state index in [4.69, 9.17) is 55.9 Å². The zero-order valence-corrected chi connectivity index (χ0v) is 18.0. The largest absolute Gasteiger partial charge is 0.493 e. The lowest BCUT2D eigenvalue weighted by Crippen LogP contribution is -2.03. The van der Waals surface area contributed by atoms with E-state index in [1.807, 2.05) is 36.4 Å². The van der Waals surface area contributed by atoms with Gasteiger partial charge in [-0.25, -0.2) is 0 Å². The first-order valence-electron chi connectivity index (χ1n) is 8.39. The average Bonchev–Trinajstić information content (AvgIpc) is 2.68. The molecular weight excluding hydrogens is 440 g/mol. The average molecular weight is 457 g/mol. The number of methoxy groups -OCH3 is 1. The molecule has 0 aromatic heterocycles. The third-order valence-corrected chi connectivity index (χ3v) is 5.29. The Morgan fingerprint density at radius 1 is 0.857 bits per heavy atom. The molecule has 0 spiro atoms. The van der Waals surface area contributed by atoms with Crippen molar-refractivity contribution in [2.24, 2.45) is 0 Å². The Labute approximate surface area is 184 Å². The summed E-state index contributed by atoms with van der Waals surface area (Å²) in [6.07, 6.45) is 0. The van der Waals surface area contributed by atoms with Gasteiger partial charge in [0.25, 0.3) is 0 Å². The summed E-state index contributed by atoms with van der Waals surface area (Å²) in [5.41, 5.74) is 2.59. The van der Waals surface area contributed by atoms with E-state index in [-0.39, 0.29) is 6.61 Å². The van der Waals surface area contributed by atoms with E-state index in [9.17, 15) is 0 Å². The number of hydrogen-bond donors (Lipinski definition) is 1. The van der Waals surface area contributed by atoms with Gasteiger partial charge >= 0.3 is 0 Å². The predicted molar refractivity (Wildman–Crippen MR) is 118 cm³/mol. The first-order chi connectivity index (χ1) is 13.5. The zero-order chi connectivity index (χ0) is 20.1. The third kappa shape index (κ3) is 5.18. The smallest absolute Gasteiger partial charge is 0.180 e. The molecule has 0 saturated heterocycles. The van der Waals surface area contributed by atoms with E-state index in [0.29, 0.717) is 43.7 Å². The minimum absolute atomic E-state index is 0.178. The summed E-state index contributed by atoms with van der Waals surface area (Å²) in [4.78, 5) is 0. The monoisotopic (exact) mass is 455 g/mol. The van der Waals surface area contributed by atoms with Crippen LogP contribution in [0.2, 0.25) is 20.1 Å². The lowest BCUT2D eigenvalue weighted by Gasteiger charge is -2.16. The maximum Gasteiger partial charge on any atom is 0.180 e. The van der Waals surface area contributed by atoms with Crippen molar-refractivity contribution in [3.63, 3.8) is 0 Å². The Balaban J connectivity index is 1.74. The molecule has 0 aliphatic heterocycles. The molecule has 0 bridgehead atoms. The molecule has 0 radical (unpaired) electrons. The predicted octanol–water partition coefficient (Wildman–Crippen LogP) is 7.50. The molecule has 0 atom stereocenters. The molecule has 3 aromatic rings. The number of halogens is 4. The second-order valence-corrected chi connectivity index (χ2v) is 7.62. The van der Waals surface area contributed by atoms with Gasteiger partial charge in [0, 0.05) is 32.9 Å². The highest BCUT2D eigenvalue weighted by atomic mass is 35.5. The summed E-state index contributed by atoms with van der Waals surface area (Å²) in [7, 11) is 1.57. The lowest BCUT2D eigenvalue weighted by molar-refractivity contribution is 0.284. The van der Waals surface area contributed by atoms with Crippen molar-refractivity contribution in [1.29, 1.82) is 0 Å². The molecule has 0 amide bonds. The van der Waals surface area contributed by atoms with Gasteiger partial charge in [-0.05, 0) is 54.1 Å². The van der Waals surface area contributed by atoms with Crippen LogP contribution in [0.3, 0.4) is 0 Å². The normalized spacial score (nSPS) is 10.6. The molecule has 0 saturated carbocycles. The van der Waals surface area contributed by atoms with Crippen molar-refractivity contribution < 1.29 is 9.47 Å². The van der Waals surface area contributed by atoms with Crippen LogP contribution in [0.4, 0.5) is 5.69 Å². The van der Waals surface area contributed by atoms with E-state index in [2.05, 4.69) is 5.32 Å². The fraction of sp³-hybridized carbons (Fsp3) is 0.143. The molecule has 0 aliphatic carbocycles. The summed E-state index contributed by atoms with van der Waals surface area (Å²) in [6, 6.07) is 16.5. The Kier molecular flexibility index (Phi) is 7.19. The minimum Gasteiger partial charge on any atom is -0.493 e. The van der Waals surface area contributed by atoms with E-state index in [0.717, 1.165) is 11.3 Å². The molecule has 1 N–H and O–H groups in total. The maximum atomic E-state index is 6.45. The van der Waals surface area contributed by atoms with Crippen LogP contribution in [0.1, 0.15) is 11.1 Å². The summed E-state index contributed by atoms with van der Waals surface area (Å²) >= 11 is 24.8. The van der Waals surface area contributed by atoms with Gasteiger partial charge in [-0.2, -0.15) is 0 Å². The van der Waals surface area contributed by atoms with Gasteiger partial charge < -0.3 is 14.8 Å². The molecule has 7 heteroatoms. The first kappa shape index (κ1) is 20.9. The highest BCUT2D eigenvalue weighted by Crippen LogP contribution is 2.38. The van der Waals surface area contributed by atoms with Gasteiger partial charge in [0.2, 0.25) is 0 Å². The van der Waals surface area contributed by atoms with Crippen molar-refractivity contribution in [3.05, 3.63) is 85.8 Å². The molecule has 0 aliphatic rings. The summed E-state index contributed by atoms with van der Waals surface area (Å²) in [6.45, 7) is 0.741. The van der Waals surface area contributed by atoms with Crippen LogP contribution in [0.25, 0.3) is 0 Å². The molecule has 3 aromatic carbocycles. The van der Waals surface area contributed by atoms with Crippen LogP contribution in [-0.4, -0.2) is 7.11 Å². The number of benzene rings is 3. The topological polar surface area (TPSA) is 30.5 Å². The molecule has 0 fully saturated rings. The fourth-order valence-corrected chi connectivity index (χ4v) is 3.52. The highest BCUT2D eigenvalue weighted by molar-refractivity contribution is 6.36. The van der Waals surface area contributed by atoms with Crippen LogP contribution in [0, 0.1) is 0 Å². The molecule has 3 nitrogen and oxygen atoms in total. The molecule has 0 heterocycles. The van der Waals surface area contributed by atoms with Crippen molar-refractivity contribution in [1.82, 2.24) is 0 Å². The van der Waals surface area contributed by atoms with Gasteiger partial charge in [-0.3, -0.25) is 0 Å². The van der Waals surface area contributed by atoms with Gasteiger partial charge in [0.1, 0.15) is 6.61 Å². The number of hydrogen-bond acceptors (Lipinski definition) is 3. The van der Waals surface area contributed by atoms with E-state index in [1.54, 1.807) is 25.3 Å². The molecule has 0 unspecified atom stereocenters. The van der Waals surface area contributed by atoms with Crippen molar-refractivity contribution in [3.8, 4) is 11.5 Å². The van der Waals surface area contributed by atoms with Crippen molar-refractivity contribution in [2.75, 3.05) is 12.4 Å². The fourth-order valence-electron chi connectivity index (χ4n) is 2.60. The number of anilines is 1. The number of rotatable bonds is 7. The van der Waals surface area contributed by atoms with Crippen LogP contribution in [-0.2, 0) is 13.2 Å². The van der Waals surface area contributed by atoms with Gasteiger partial charge in [-0.15, -0.1) is 0 Å². The van der Waals surface area contributed by atoms with Gasteiger partial charge in [-0.1, -0.05) is 52.5 Å². The van der Waals surface area contributed by atoms with E-state index in [1.165, 1.54) is 0 Å². The number of nitrogens with one attached hydrogen (secondary N) is 1. The Morgan fingerprint density at radius 3 is 2.18 bits per heavy atom. The van der Waals surface area contributed by atoms with Crippen LogP contribution in [0.15, 0.2) is 54.6 Å². The van der Waals surface area contributed by atoms with Crippen molar-refractivity contribution in [2.45, 2.75) is 13.2 Å². The minimum atomic E-state index is 0.178. The summed E-state index contributed by atoms with van der Waals surface area (Å²) in [5, 5.41) is 5.51. The summed E-state index contributed by atoms with van der Waals surface area (Å²) in [5.74, 6) is 0.971. The maximum absolute atomic E-state index is 6.45. The summed E-state index contributed by atoms with van der Waals surface area (Å²) < 4.78 is 11.3. The second kappa shape index (κ2) is 9.62. The Hall–Kier alpha value is -1.78. The lowest BCUT2D eigenvalue weighted by atomic mass is 10.2. The molecular formula is C21H17Cl4NO2. The van der Waals surface area contributed by atoms with Crippen molar-refractivity contribution >= 4 is 52.1 Å². The third-order valence-electron chi connectivity index (χ3n) is 4.05.